The fourth-order valence-electron chi connectivity index (χ4n) is 3.53. The van der Waals surface area contributed by atoms with Gasteiger partial charge in [-0.15, -0.1) is 0 Å². The lowest BCUT2D eigenvalue weighted by Gasteiger charge is -2.39. The predicted octanol–water partition coefficient (Wildman–Crippen LogP) is 1.36. The van der Waals surface area contributed by atoms with Gasteiger partial charge in [0.25, 0.3) is 0 Å². The van der Waals surface area contributed by atoms with E-state index in [1.165, 1.54) is 0 Å². The van der Waals surface area contributed by atoms with Gasteiger partial charge in [-0.1, -0.05) is 13.8 Å². The average molecular weight is 287 g/mol. The summed E-state index contributed by atoms with van der Waals surface area (Å²) in [7, 11) is -2.87. The van der Waals surface area contributed by atoms with Gasteiger partial charge in [-0.05, 0) is 25.2 Å². The van der Waals surface area contributed by atoms with Crippen molar-refractivity contribution in [3.8, 4) is 0 Å². The maximum Gasteiger partial charge on any atom is 0.153 e. The van der Waals surface area contributed by atoms with E-state index < -0.39 is 9.84 Å². The number of ketones is 1. The van der Waals surface area contributed by atoms with Gasteiger partial charge in [-0.3, -0.25) is 9.69 Å². The number of carbonyl (C=O) groups excluding carboxylic acids is 1. The number of rotatable bonds is 2. The van der Waals surface area contributed by atoms with E-state index in [1.54, 1.807) is 0 Å². The molecule has 1 aliphatic carbocycles. The van der Waals surface area contributed by atoms with Crippen LogP contribution in [0.25, 0.3) is 0 Å². The Morgan fingerprint density at radius 1 is 1.26 bits per heavy atom. The van der Waals surface area contributed by atoms with Crippen LogP contribution in [-0.2, 0) is 14.6 Å². The van der Waals surface area contributed by atoms with Crippen molar-refractivity contribution in [1.29, 1.82) is 0 Å². The van der Waals surface area contributed by atoms with Gasteiger partial charge < -0.3 is 0 Å². The number of carbonyl (C=O) groups is 1. The first kappa shape index (κ1) is 15.0. The Hall–Kier alpha value is -0.420. The highest BCUT2D eigenvalue weighted by Gasteiger charge is 2.36. The number of hydrogen-bond acceptors (Lipinski definition) is 4. The summed E-state index contributed by atoms with van der Waals surface area (Å²) in [5.74, 6) is 1.85. The molecule has 2 rings (SSSR count). The molecule has 110 valence electrons. The van der Waals surface area contributed by atoms with E-state index >= 15 is 0 Å². The normalized spacial score (nSPS) is 40.3. The smallest absolute Gasteiger partial charge is 0.153 e. The Morgan fingerprint density at radius 2 is 1.95 bits per heavy atom. The van der Waals surface area contributed by atoms with Gasteiger partial charge in [-0.2, -0.15) is 0 Å². The SMILES string of the molecule is CC1CC(=O)C(CN2CCS(=O)(=O)CC2C)C(C)C1. The van der Waals surface area contributed by atoms with E-state index in [4.69, 9.17) is 0 Å². The number of Topliss-reactive ketones (excluding diaryl/α,β-unsaturated/α-hetero) is 1. The lowest BCUT2D eigenvalue weighted by molar-refractivity contribution is -0.128. The van der Waals surface area contributed by atoms with Crippen molar-refractivity contribution in [2.45, 2.75) is 39.7 Å². The van der Waals surface area contributed by atoms with E-state index in [0.29, 0.717) is 30.6 Å². The molecule has 4 atom stereocenters. The van der Waals surface area contributed by atoms with Crippen LogP contribution in [0.4, 0.5) is 0 Å². The van der Waals surface area contributed by atoms with E-state index in [2.05, 4.69) is 18.7 Å². The van der Waals surface area contributed by atoms with Crippen molar-refractivity contribution < 1.29 is 13.2 Å². The van der Waals surface area contributed by atoms with Gasteiger partial charge in [0.2, 0.25) is 0 Å². The molecule has 0 N–H and O–H groups in total. The van der Waals surface area contributed by atoms with Crippen LogP contribution in [-0.4, -0.2) is 49.7 Å². The van der Waals surface area contributed by atoms with Gasteiger partial charge in [0.05, 0.1) is 11.5 Å². The Balaban J connectivity index is 1.99. The summed E-state index contributed by atoms with van der Waals surface area (Å²) in [5, 5.41) is 0. The van der Waals surface area contributed by atoms with Crippen molar-refractivity contribution in [3.63, 3.8) is 0 Å². The Morgan fingerprint density at radius 3 is 2.53 bits per heavy atom. The minimum atomic E-state index is -2.87. The van der Waals surface area contributed by atoms with Crippen molar-refractivity contribution in [1.82, 2.24) is 4.90 Å². The van der Waals surface area contributed by atoms with Gasteiger partial charge >= 0.3 is 0 Å². The summed E-state index contributed by atoms with van der Waals surface area (Å²) < 4.78 is 23.2. The highest BCUT2D eigenvalue weighted by atomic mass is 32.2. The average Bonchev–Trinajstić information content (AvgIpc) is 2.24. The maximum atomic E-state index is 12.2. The molecule has 4 unspecified atom stereocenters. The third kappa shape index (κ3) is 3.57. The molecule has 1 aliphatic heterocycles. The van der Waals surface area contributed by atoms with Gasteiger partial charge in [0.15, 0.2) is 9.84 Å². The summed E-state index contributed by atoms with van der Waals surface area (Å²) >= 11 is 0. The fraction of sp³-hybridized carbons (Fsp3) is 0.929. The zero-order valence-corrected chi connectivity index (χ0v) is 12.9. The molecule has 19 heavy (non-hydrogen) atoms. The zero-order valence-electron chi connectivity index (χ0n) is 12.1. The summed E-state index contributed by atoms with van der Waals surface area (Å²) in [6.07, 6.45) is 1.80. The molecule has 0 aromatic carbocycles. The van der Waals surface area contributed by atoms with Crippen LogP contribution in [0.5, 0.6) is 0 Å². The second-order valence-corrected chi connectivity index (χ2v) is 8.78. The molecule has 0 amide bonds. The molecule has 0 aromatic rings. The molecule has 0 spiro atoms. The molecule has 2 aliphatic rings. The first-order chi connectivity index (χ1) is 8.78. The van der Waals surface area contributed by atoms with Crippen LogP contribution in [0, 0.1) is 17.8 Å². The summed E-state index contributed by atoms with van der Waals surface area (Å²) in [4.78, 5) is 14.4. The monoisotopic (exact) mass is 287 g/mol. The van der Waals surface area contributed by atoms with Crippen molar-refractivity contribution in [2.24, 2.45) is 17.8 Å². The quantitative estimate of drug-likeness (QED) is 0.769. The highest BCUT2D eigenvalue weighted by Crippen LogP contribution is 2.32. The summed E-state index contributed by atoms with van der Waals surface area (Å²) in [5.41, 5.74) is 0. The lowest BCUT2D eigenvalue weighted by Crippen LogP contribution is -2.51. The number of hydrogen-bond donors (Lipinski definition) is 0. The van der Waals surface area contributed by atoms with Crippen molar-refractivity contribution in [2.75, 3.05) is 24.6 Å². The van der Waals surface area contributed by atoms with Crippen LogP contribution < -0.4 is 0 Å². The molecule has 1 saturated carbocycles. The summed E-state index contributed by atoms with van der Waals surface area (Å²) in [6, 6.07) is 0.0399. The van der Waals surface area contributed by atoms with Crippen LogP contribution in [0.15, 0.2) is 0 Å². The first-order valence-electron chi connectivity index (χ1n) is 7.25. The van der Waals surface area contributed by atoms with E-state index in [-0.39, 0.29) is 23.5 Å². The molecule has 5 heteroatoms. The molecule has 4 nitrogen and oxygen atoms in total. The largest absolute Gasteiger partial charge is 0.299 e. The van der Waals surface area contributed by atoms with E-state index in [0.717, 1.165) is 13.0 Å². The minimum Gasteiger partial charge on any atom is -0.299 e. The van der Waals surface area contributed by atoms with Gasteiger partial charge in [-0.25, -0.2) is 8.42 Å². The molecule has 1 heterocycles. The van der Waals surface area contributed by atoms with Crippen LogP contribution >= 0.6 is 0 Å². The standard InChI is InChI=1S/C14H25NO3S/c1-10-6-11(2)13(14(16)7-10)8-15-4-5-19(17,18)9-12(15)3/h10-13H,4-9H2,1-3H3. The molecule has 0 radical (unpaired) electrons. The second-order valence-electron chi connectivity index (χ2n) is 6.55. The van der Waals surface area contributed by atoms with Crippen LogP contribution in [0.3, 0.4) is 0 Å². The van der Waals surface area contributed by atoms with E-state index in [9.17, 15) is 13.2 Å². The third-order valence-electron chi connectivity index (χ3n) is 4.66. The molecular formula is C14H25NO3S. The lowest BCUT2D eigenvalue weighted by atomic mass is 9.74. The number of nitrogens with zero attached hydrogens (tertiary/aromatic N) is 1. The second kappa shape index (κ2) is 5.52. The Bertz CT molecular complexity index is 446. The molecule has 2 fully saturated rings. The van der Waals surface area contributed by atoms with Crippen molar-refractivity contribution in [3.05, 3.63) is 0 Å². The van der Waals surface area contributed by atoms with Crippen LogP contribution in [0.1, 0.15) is 33.6 Å². The van der Waals surface area contributed by atoms with E-state index in [1.807, 2.05) is 6.92 Å². The zero-order chi connectivity index (χ0) is 14.2. The maximum absolute atomic E-state index is 12.2. The molecule has 1 saturated heterocycles. The minimum absolute atomic E-state index is 0.0399. The van der Waals surface area contributed by atoms with Gasteiger partial charge in [0.1, 0.15) is 5.78 Å². The van der Waals surface area contributed by atoms with Gasteiger partial charge in [0, 0.05) is 31.5 Å². The molecule has 0 aromatic heterocycles. The Kier molecular flexibility index (Phi) is 4.35. The third-order valence-corrected chi connectivity index (χ3v) is 6.46. The summed E-state index contributed by atoms with van der Waals surface area (Å²) in [6.45, 7) is 7.57. The van der Waals surface area contributed by atoms with Crippen LogP contribution in [0.2, 0.25) is 0 Å². The first-order valence-corrected chi connectivity index (χ1v) is 9.08. The highest BCUT2D eigenvalue weighted by molar-refractivity contribution is 7.91. The fourth-order valence-corrected chi connectivity index (χ4v) is 5.16. The molecule has 0 bridgehead atoms. The Labute approximate surface area is 116 Å². The predicted molar refractivity (Wildman–Crippen MR) is 75.7 cm³/mol. The molecular weight excluding hydrogens is 262 g/mol. The topological polar surface area (TPSA) is 54.5 Å². The number of sulfone groups is 1. The van der Waals surface area contributed by atoms with Crippen molar-refractivity contribution >= 4 is 15.6 Å².